The van der Waals surface area contributed by atoms with Crippen molar-refractivity contribution in [2.75, 3.05) is 19.0 Å². The van der Waals surface area contributed by atoms with Gasteiger partial charge in [-0.15, -0.1) is 0 Å². The van der Waals surface area contributed by atoms with E-state index in [-0.39, 0.29) is 5.70 Å². The number of pyridine rings is 1. The summed E-state index contributed by atoms with van der Waals surface area (Å²) in [6.45, 7) is 4.80. The van der Waals surface area contributed by atoms with Crippen molar-refractivity contribution in [1.29, 1.82) is 0 Å². The van der Waals surface area contributed by atoms with Crippen LogP contribution in [0.15, 0.2) is 42.2 Å². The lowest BCUT2D eigenvalue weighted by Crippen LogP contribution is -2.50. The third-order valence-corrected chi connectivity index (χ3v) is 5.27. The molecule has 8 heteroatoms. The van der Waals surface area contributed by atoms with Crippen LogP contribution in [0.4, 0.5) is 23.4 Å². The van der Waals surface area contributed by atoms with Crippen molar-refractivity contribution in [1.82, 2.24) is 4.98 Å². The van der Waals surface area contributed by atoms with E-state index in [1.165, 1.54) is 30.5 Å². The van der Waals surface area contributed by atoms with Gasteiger partial charge in [0.15, 0.2) is 5.60 Å². The van der Waals surface area contributed by atoms with E-state index in [0.29, 0.717) is 22.5 Å². The van der Waals surface area contributed by atoms with Crippen LogP contribution >= 0.6 is 0 Å². The van der Waals surface area contributed by atoms with Crippen molar-refractivity contribution in [2.24, 2.45) is 5.73 Å². The summed E-state index contributed by atoms with van der Waals surface area (Å²) >= 11 is 0. The van der Waals surface area contributed by atoms with Crippen molar-refractivity contribution < 1.29 is 22.7 Å². The number of nitrogens with zero attached hydrogens (tertiary/aromatic N) is 2. The quantitative estimate of drug-likeness (QED) is 0.600. The van der Waals surface area contributed by atoms with Gasteiger partial charge in [0, 0.05) is 32.4 Å². The third-order valence-electron chi connectivity index (χ3n) is 5.27. The van der Waals surface area contributed by atoms with Gasteiger partial charge in [-0.2, -0.15) is 13.2 Å². The number of aryl methyl sites for hydroxylation is 1. The first-order valence-electron chi connectivity index (χ1n) is 9.80. The first-order valence-corrected chi connectivity index (χ1v) is 9.80. The van der Waals surface area contributed by atoms with Crippen LogP contribution in [-0.2, 0) is 5.41 Å². The van der Waals surface area contributed by atoms with E-state index in [4.69, 9.17) is 5.73 Å². The molecule has 3 N–H and O–H groups in total. The van der Waals surface area contributed by atoms with Crippen molar-refractivity contribution in [2.45, 2.75) is 50.8 Å². The van der Waals surface area contributed by atoms with E-state index in [2.05, 4.69) is 4.98 Å². The molecule has 4 nitrogen and oxygen atoms in total. The number of aromatic nitrogens is 1. The minimum Gasteiger partial charge on any atom is -0.402 e. The lowest BCUT2D eigenvalue weighted by molar-refractivity contribution is -0.266. The molecule has 31 heavy (non-hydrogen) atoms. The summed E-state index contributed by atoms with van der Waals surface area (Å²) in [7, 11) is 3.58. The van der Waals surface area contributed by atoms with Crippen LogP contribution in [0.25, 0.3) is 6.08 Å². The number of nitrogens with two attached hydrogens (primary N) is 1. The maximum Gasteiger partial charge on any atom is 0.417 e. The Morgan fingerprint density at radius 1 is 1.16 bits per heavy atom. The number of aliphatic hydroxyl groups is 1. The van der Waals surface area contributed by atoms with Gasteiger partial charge in [-0.1, -0.05) is 19.9 Å². The van der Waals surface area contributed by atoms with Crippen LogP contribution in [-0.4, -0.2) is 36.0 Å². The largest absolute Gasteiger partial charge is 0.417 e. The van der Waals surface area contributed by atoms with Gasteiger partial charge in [-0.3, -0.25) is 0 Å². The second-order valence-corrected chi connectivity index (χ2v) is 8.79. The summed E-state index contributed by atoms with van der Waals surface area (Å²) in [5, 5.41) is 10.7. The highest BCUT2D eigenvalue weighted by molar-refractivity contribution is 5.56. The van der Waals surface area contributed by atoms with E-state index >= 15 is 0 Å². The van der Waals surface area contributed by atoms with E-state index < -0.39 is 35.9 Å². The lowest BCUT2D eigenvalue weighted by Gasteiger charge is -2.38. The number of halogens is 4. The second kappa shape index (κ2) is 8.86. The molecule has 2 rings (SSSR count). The molecule has 0 bridgehead atoms. The average Bonchev–Trinajstić information content (AvgIpc) is 2.62. The van der Waals surface area contributed by atoms with Gasteiger partial charge in [0.05, 0.1) is 0 Å². The van der Waals surface area contributed by atoms with Gasteiger partial charge in [-0.05, 0) is 65.8 Å². The fourth-order valence-electron chi connectivity index (χ4n) is 3.78. The maximum absolute atomic E-state index is 14.0. The lowest BCUT2D eigenvalue weighted by atomic mass is 9.72. The zero-order valence-corrected chi connectivity index (χ0v) is 18.4. The van der Waals surface area contributed by atoms with Crippen LogP contribution < -0.4 is 10.6 Å². The molecule has 170 valence electrons. The zero-order chi connectivity index (χ0) is 23.6. The number of hydrogen-bond donors (Lipinski definition) is 2. The molecule has 1 unspecified atom stereocenters. The minimum absolute atomic E-state index is 0.123. The standard InChI is InChI=1S/C23H29F4N3O/c1-15-6-7-17(24)12-19(15)21(2,3)14-22(31,23(25,26)27)13-18(28)10-16-8-9-29-20(11-16)30(4)5/h6-12,31H,13-14,28H2,1-5H3/b18-10-. The third kappa shape index (κ3) is 5.97. The highest BCUT2D eigenvalue weighted by Gasteiger charge is 2.56. The monoisotopic (exact) mass is 439 g/mol. The molecule has 1 aromatic heterocycles. The van der Waals surface area contributed by atoms with Gasteiger partial charge in [0.1, 0.15) is 11.6 Å². The van der Waals surface area contributed by atoms with Crippen LogP contribution in [0.5, 0.6) is 0 Å². The molecule has 2 aromatic rings. The van der Waals surface area contributed by atoms with Gasteiger partial charge in [0.2, 0.25) is 0 Å². The molecular formula is C23H29F4N3O. The number of anilines is 1. The average molecular weight is 439 g/mol. The number of rotatable bonds is 7. The molecule has 1 aromatic carbocycles. The summed E-state index contributed by atoms with van der Waals surface area (Å²) in [5.41, 5.74) is 3.18. The molecule has 0 radical (unpaired) electrons. The molecule has 0 saturated carbocycles. The predicted octanol–water partition coefficient (Wildman–Crippen LogP) is 4.95. The topological polar surface area (TPSA) is 62.4 Å². The fraction of sp³-hybridized carbons (Fsp3) is 0.435. The SMILES string of the molecule is Cc1ccc(F)cc1C(C)(C)CC(O)(C/C(N)=C/c1ccnc(N(C)C)c1)C(F)(F)F. The summed E-state index contributed by atoms with van der Waals surface area (Å²) in [4.78, 5) is 5.91. The highest BCUT2D eigenvalue weighted by Crippen LogP contribution is 2.44. The summed E-state index contributed by atoms with van der Waals surface area (Å²) in [6.07, 6.45) is -3.50. The van der Waals surface area contributed by atoms with Gasteiger partial charge in [0.25, 0.3) is 0 Å². The first kappa shape index (κ1) is 24.7. The molecule has 0 aliphatic heterocycles. The Labute approximate surface area is 180 Å². The van der Waals surface area contributed by atoms with Crippen molar-refractivity contribution in [3.8, 4) is 0 Å². The second-order valence-electron chi connectivity index (χ2n) is 8.79. The molecule has 0 aliphatic carbocycles. The van der Waals surface area contributed by atoms with E-state index in [1.54, 1.807) is 51.9 Å². The molecule has 0 amide bonds. The molecule has 0 fully saturated rings. The Balaban J connectivity index is 2.38. The molecule has 0 spiro atoms. The van der Waals surface area contributed by atoms with Crippen LogP contribution in [0.3, 0.4) is 0 Å². The summed E-state index contributed by atoms with van der Waals surface area (Å²) in [5.74, 6) is 0.0772. The summed E-state index contributed by atoms with van der Waals surface area (Å²) < 4.78 is 55.7. The minimum atomic E-state index is -4.93. The molecule has 1 heterocycles. The zero-order valence-electron chi connectivity index (χ0n) is 18.4. The summed E-state index contributed by atoms with van der Waals surface area (Å²) in [6, 6.07) is 7.28. The van der Waals surface area contributed by atoms with Crippen molar-refractivity contribution in [3.63, 3.8) is 0 Å². The van der Waals surface area contributed by atoms with Crippen molar-refractivity contribution in [3.05, 3.63) is 64.7 Å². The van der Waals surface area contributed by atoms with E-state index in [1.807, 2.05) is 0 Å². The molecule has 0 aliphatic rings. The van der Waals surface area contributed by atoms with Crippen LogP contribution in [0.1, 0.15) is 43.4 Å². The molecular weight excluding hydrogens is 410 g/mol. The predicted molar refractivity (Wildman–Crippen MR) is 115 cm³/mol. The van der Waals surface area contributed by atoms with Gasteiger partial charge < -0.3 is 15.7 Å². The highest BCUT2D eigenvalue weighted by atomic mass is 19.4. The number of benzene rings is 1. The Morgan fingerprint density at radius 2 is 1.81 bits per heavy atom. The van der Waals surface area contributed by atoms with E-state index in [0.717, 1.165) is 0 Å². The Kier molecular flexibility index (Phi) is 7.05. The van der Waals surface area contributed by atoms with Gasteiger partial charge in [-0.25, -0.2) is 9.37 Å². The maximum atomic E-state index is 14.0. The fourth-order valence-corrected chi connectivity index (χ4v) is 3.78. The van der Waals surface area contributed by atoms with Crippen molar-refractivity contribution >= 4 is 11.9 Å². The molecule has 1 atom stereocenters. The van der Waals surface area contributed by atoms with Gasteiger partial charge >= 0.3 is 6.18 Å². The Bertz CT molecular complexity index is 954. The van der Waals surface area contributed by atoms with Crippen LogP contribution in [0, 0.1) is 12.7 Å². The van der Waals surface area contributed by atoms with Crippen LogP contribution in [0.2, 0.25) is 0 Å². The Hall–Kier alpha value is -2.61. The number of alkyl halides is 3. The number of hydrogen-bond acceptors (Lipinski definition) is 4. The Morgan fingerprint density at radius 3 is 2.39 bits per heavy atom. The normalized spacial score (nSPS) is 15.0. The van der Waals surface area contributed by atoms with E-state index in [9.17, 15) is 22.7 Å². The first-order chi connectivity index (χ1) is 14.1. The molecule has 0 saturated heterocycles. The smallest absolute Gasteiger partial charge is 0.402 e.